The Kier molecular flexibility index (Phi) is 3.62. The maximum Gasteiger partial charge on any atom is 0.150 e. The monoisotopic (exact) mass is 229 g/mol. The number of carbonyl (C=O) groups excluding carboxylic acids is 1. The normalized spacial score (nSPS) is 9.75. The lowest BCUT2D eigenvalue weighted by Crippen LogP contribution is -1.87. The minimum atomic E-state index is 0.694. The number of carbonyl (C=O) groups is 1. The Morgan fingerprint density at radius 2 is 1.81 bits per heavy atom. The quantitative estimate of drug-likeness (QED) is 0.641. The van der Waals surface area contributed by atoms with Gasteiger partial charge in [0.1, 0.15) is 6.29 Å². The molecular formula is C13H11NOS. The summed E-state index contributed by atoms with van der Waals surface area (Å²) in [5, 5.41) is 0. The Morgan fingerprint density at radius 1 is 1.00 bits per heavy atom. The molecule has 0 radical (unpaired) electrons. The van der Waals surface area contributed by atoms with Crippen LogP contribution in [0.1, 0.15) is 10.4 Å². The first-order valence-corrected chi connectivity index (χ1v) is 5.73. The zero-order valence-electron chi connectivity index (χ0n) is 8.59. The number of nitrogens with one attached hydrogen (secondary N) is 1. The fraction of sp³-hybridized carbons (Fsp3) is 0. The molecule has 0 saturated carbocycles. The molecule has 0 atom stereocenters. The van der Waals surface area contributed by atoms with E-state index < -0.39 is 0 Å². The molecule has 2 rings (SSSR count). The van der Waals surface area contributed by atoms with Crippen molar-refractivity contribution in [3.8, 4) is 0 Å². The van der Waals surface area contributed by atoms with Crippen LogP contribution in [0.3, 0.4) is 0 Å². The molecule has 0 aliphatic rings. The van der Waals surface area contributed by atoms with Gasteiger partial charge in [-0.25, -0.2) is 0 Å². The first kappa shape index (κ1) is 10.8. The minimum Gasteiger partial charge on any atom is -0.326 e. The van der Waals surface area contributed by atoms with E-state index >= 15 is 0 Å². The van der Waals surface area contributed by atoms with Crippen LogP contribution in [0.4, 0.5) is 5.69 Å². The van der Waals surface area contributed by atoms with Gasteiger partial charge in [0, 0.05) is 16.1 Å². The van der Waals surface area contributed by atoms with E-state index in [1.165, 1.54) is 11.9 Å². The summed E-state index contributed by atoms with van der Waals surface area (Å²) in [5.74, 6) is 0. The van der Waals surface area contributed by atoms with E-state index in [1.54, 1.807) is 6.07 Å². The fourth-order valence-electron chi connectivity index (χ4n) is 1.28. The van der Waals surface area contributed by atoms with Gasteiger partial charge in [-0.15, -0.1) is 0 Å². The van der Waals surface area contributed by atoms with Gasteiger partial charge < -0.3 is 4.72 Å². The van der Waals surface area contributed by atoms with E-state index in [1.807, 2.05) is 48.5 Å². The average molecular weight is 229 g/mol. The fourth-order valence-corrected chi connectivity index (χ4v) is 1.99. The number of para-hydroxylation sites is 1. The highest BCUT2D eigenvalue weighted by Gasteiger charge is 1.96. The summed E-state index contributed by atoms with van der Waals surface area (Å²) in [4.78, 5) is 11.6. The van der Waals surface area contributed by atoms with Crippen LogP contribution >= 0.6 is 11.9 Å². The largest absolute Gasteiger partial charge is 0.326 e. The Labute approximate surface area is 98.8 Å². The van der Waals surface area contributed by atoms with Crippen molar-refractivity contribution in [1.29, 1.82) is 0 Å². The van der Waals surface area contributed by atoms with Crippen LogP contribution in [0.2, 0.25) is 0 Å². The third-order valence-electron chi connectivity index (χ3n) is 2.05. The van der Waals surface area contributed by atoms with Crippen LogP contribution < -0.4 is 4.72 Å². The first-order chi connectivity index (χ1) is 7.88. The maximum atomic E-state index is 10.6. The lowest BCUT2D eigenvalue weighted by molar-refractivity contribution is 0.112. The molecule has 16 heavy (non-hydrogen) atoms. The topological polar surface area (TPSA) is 29.1 Å². The number of hydrogen-bond acceptors (Lipinski definition) is 3. The molecule has 2 aromatic rings. The van der Waals surface area contributed by atoms with Crippen molar-refractivity contribution in [2.24, 2.45) is 0 Å². The van der Waals surface area contributed by atoms with Gasteiger partial charge in [-0.3, -0.25) is 4.79 Å². The number of hydrogen-bond donors (Lipinski definition) is 1. The molecule has 0 unspecified atom stereocenters. The predicted octanol–water partition coefficient (Wildman–Crippen LogP) is 3.62. The van der Waals surface area contributed by atoms with Crippen molar-refractivity contribution in [1.82, 2.24) is 0 Å². The van der Waals surface area contributed by atoms with E-state index in [-0.39, 0.29) is 0 Å². The number of benzene rings is 2. The van der Waals surface area contributed by atoms with E-state index in [4.69, 9.17) is 0 Å². The molecular weight excluding hydrogens is 218 g/mol. The Balaban J connectivity index is 2.02. The van der Waals surface area contributed by atoms with Crippen LogP contribution in [0.15, 0.2) is 59.5 Å². The van der Waals surface area contributed by atoms with Crippen LogP contribution in [-0.4, -0.2) is 6.29 Å². The van der Waals surface area contributed by atoms with Gasteiger partial charge in [0.15, 0.2) is 0 Å². The molecule has 0 heterocycles. The third-order valence-corrected chi connectivity index (χ3v) is 2.88. The van der Waals surface area contributed by atoms with Gasteiger partial charge in [0.05, 0.1) is 0 Å². The Bertz CT molecular complexity index is 470. The second-order valence-electron chi connectivity index (χ2n) is 3.26. The van der Waals surface area contributed by atoms with Gasteiger partial charge in [0.2, 0.25) is 0 Å². The molecule has 0 aliphatic heterocycles. The van der Waals surface area contributed by atoms with Gasteiger partial charge in [-0.1, -0.05) is 30.3 Å². The zero-order chi connectivity index (χ0) is 11.2. The molecule has 2 nitrogen and oxygen atoms in total. The molecule has 1 N–H and O–H groups in total. The molecule has 0 spiro atoms. The van der Waals surface area contributed by atoms with E-state index in [0.717, 1.165) is 16.9 Å². The molecule has 0 aliphatic carbocycles. The van der Waals surface area contributed by atoms with Crippen LogP contribution in [-0.2, 0) is 0 Å². The lowest BCUT2D eigenvalue weighted by Gasteiger charge is -2.04. The standard InChI is InChI=1S/C13H11NOS/c15-10-11-5-4-8-13(9-11)16-14-12-6-2-1-3-7-12/h1-10,14H. The predicted molar refractivity (Wildman–Crippen MR) is 67.8 cm³/mol. The van der Waals surface area contributed by atoms with Crippen molar-refractivity contribution in [3.63, 3.8) is 0 Å². The smallest absolute Gasteiger partial charge is 0.150 e. The second kappa shape index (κ2) is 5.37. The SMILES string of the molecule is O=Cc1cccc(SNc2ccccc2)c1. The van der Waals surface area contributed by atoms with Gasteiger partial charge in [-0.2, -0.15) is 0 Å². The molecule has 3 heteroatoms. The third kappa shape index (κ3) is 2.87. The average Bonchev–Trinajstić information content (AvgIpc) is 2.38. The highest BCUT2D eigenvalue weighted by atomic mass is 32.2. The van der Waals surface area contributed by atoms with Gasteiger partial charge in [-0.05, 0) is 36.2 Å². The summed E-state index contributed by atoms with van der Waals surface area (Å²) in [5.41, 5.74) is 1.74. The molecule has 0 fully saturated rings. The van der Waals surface area contributed by atoms with Crippen LogP contribution in [0, 0.1) is 0 Å². The molecule has 0 bridgehead atoms. The van der Waals surface area contributed by atoms with Crippen molar-refractivity contribution in [2.75, 3.05) is 4.72 Å². The number of aldehydes is 1. The zero-order valence-corrected chi connectivity index (χ0v) is 9.41. The van der Waals surface area contributed by atoms with Gasteiger partial charge in [0.25, 0.3) is 0 Å². The summed E-state index contributed by atoms with van der Waals surface area (Å²) < 4.78 is 3.21. The van der Waals surface area contributed by atoms with E-state index in [2.05, 4.69) is 4.72 Å². The highest BCUT2D eigenvalue weighted by Crippen LogP contribution is 2.21. The molecule has 2 aromatic carbocycles. The summed E-state index contributed by atoms with van der Waals surface area (Å²) in [6.45, 7) is 0. The van der Waals surface area contributed by atoms with Crippen molar-refractivity contribution in [3.05, 3.63) is 60.2 Å². The van der Waals surface area contributed by atoms with E-state index in [9.17, 15) is 4.79 Å². The first-order valence-electron chi connectivity index (χ1n) is 4.91. The summed E-state index contributed by atoms with van der Waals surface area (Å²) in [6.07, 6.45) is 0.854. The minimum absolute atomic E-state index is 0.694. The second-order valence-corrected chi connectivity index (χ2v) is 4.14. The molecule has 80 valence electrons. The van der Waals surface area contributed by atoms with Crippen LogP contribution in [0.25, 0.3) is 0 Å². The van der Waals surface area contributed by atoms with Crippen molar-refractivity contribution in [2.45, 2.75) is 4.90 Å². The molecule has 0 aromatic heterocycles. The number of rotatable bonds is 4. The lowest BCUT2D eigenvalue weighted by atomic mass is 10.2. The Hall–Kier alpha value is -1.74. The van der Waals surface area contributed by atoms with Gasteiger partial charge >= 0.3 is 0 Å². The van der Waals surface area contributed by atoms with Crippen LogP contribution in [0.5, 0.6) is 0 Å². The summed E-state index contributed by atoms with van der Waals surface area (Å²) >= 11 is 1.49. The Morgan fingerprint density at radius 3 is 2.56 bits per heavy atom. The highest BCUT2D eigenvalue weighted by molar-refractivity contribution is 8.00. The van der Waals surface area contributed by atoms with Crippen molar-refractivity contribution >= 4 is 23.9 Å². The molecule has 0 amide bonds. The van der Waals surface area contributed by atoms with Crippen molar-refractivity contribution < 1.29 is 4.79 Å². The maximum absolute atomic E-state index is 10.6. The van der Waals surface area contributed by atoms with E-state index in [0.29, 0.717) is 5.56 Å². The summed E-state index contributed by atoms with van der Waals surface area (Å²) in [6, 6.07) is 17.4. The summed E-state index contributed by atoms with van der Waals surface area (Å²) in [7, 11) is 0. The number of anilines is 1. The molecule has 0 saturated heterocycles.